The van der Waals surface area contributed by atoms with Gasteiger partial charge in [-0.2, -0.15) is 5.26 Å². The first-order chi connectivity index (χ1) is 8.40. The van der Waals surface area contributed by atoms with Crippen LogP contribution in [0.25, 0.3) is 0 Å². The van der Waals surface area contributed by atoms with Crippen LogP contribution < -0.4 is 0 Å². The molecule has 3 rings (SSSR count). The minimum atomic E-state index is 0.0152. The highest BCUT2D eigenvalue weighted by Gasteiger charge is 2.42. The number of ether oxygens (including phenoxy) is 1. The molecule has 1 aromatic rings. The average Bonchev–Trinajstić information content (AvgIpc) is 2.83. The van der Waals surface area contributed by atoms with Crippen molar-refractivity contribution in [3.63, 3.8) is 0 Å². The van der Waals surface area contributed by atoms with E-state index in [1.165, 1.54) is 5.56 Å². The predicted molar refractivity (Wildman–Crippen MR) is 64.0 cm³/mol. The Bertz CT molecular complexity index is 426. The van der Waals surface area contributed by atoms with E-state index in [0.717, 1.165) is 19.3 Å². The summed E-state index contributed by atoms with van der Waals surface area (Å²) >= 11 is 0. The van der Waals surface area contributed by atoms with Crippen LogP contribution in [0.15, 0.2) is 30.3 Å². The fourth-order valence-corrected chi connectivity index (χ4v) is 2.94. The van der Waals surface area contributed by atoms with Crippen molar-refractivity contribution in [1.29, 1.82) is 5.26 Å². The normalized spacial score (nSPS) is 33.0. The number of hydrogen-bond acceptors (Lipinski definition) is 3. The maximum atomic E-state index is 9.26. The summed E-state index contributed by atoms with van der Waals surface area (Å²) in [7, 11) is 0. The van der Waals surface area contributed by atoms with Gasteiger partial charge in [0.1, 0.15) is 12.3 Å². The van der Waals surface area contributed by atoms with Gasteiger partial charge in [-0.05, 0) is 24.8 Å². The van der Waals surface area contributed by atoms with Crippen molar-refractivity contribution in [2.24, 2.45) is 0 Å². The summed E-state index contributed by atoms with van der Waals surface area (Å²) in [5.74, 6) is 0. The topological polar surface area (TPSA) is 36.3 Å². The van der Waals surface area contributed by atoms with Crippen LogP contribution in [-0.2, 0) is 4.74 Å². The number of rotatable bonds is 1. The van der Waals surface area contributed by atoms with Gasteiger partial charge in [-0.25, -0.2) is 0 Å². The van der Waals surface area contributed by atoms with Gasteiger partial charge >= 0.3 is 0 Å². The highest BCUT2D eigenvalue weighted by atomic mass is 16.5. The molecule has 2 aliphatic rings. The van der Waals surface area contributed by atoms with E-state index >= 15 is 0 Å². The van der Waals surface area contributed by atoms with Crippen LogP contribution in [0.3, 0.4) is 0 Å². The molecule has 2 saturated heterocycles. The maximum absolute atomic E-state index is 9.26. The van der Waals surface area contributed by atoms with Gasteiger partial charge in [0.05, 0.1) is 18.7 Å². The number of hydrogen-bond donors (Lipinski definition) is 0. The molecule has 0 aromatic heterocycles. The van der Waals surface area contributed by atoms with E-state index in [1.54, 1.807) is 0 Å². The van der Waals surface area contributed by atoms with Gasteiger partial charge in [0.25, 0.3) is 0 Å². The molecule has 0 aliphatic carbocycles. The molecular weight excluding hydrogens is 212 g/mol. The third kappa shape index (κ3) is 1.84. The largest absolute Gasteiger partial charge is 0.361 e. The van der Waals surface area contributed by atoms with Crippen LogP contribution >= 0.6 is 0 Å². The van der Waals surface area contributed by atoms with E-state index in [-0.39, 0.29) is 18.3 Å². The third-order valence-corrected chi connectivity index (χ3v) is 3.76. The summed E-state index contributed by atoms with van der Waals surface area (Å²) in [6.07, 6.45) is 3.28. The molecule has 0 N–H and O–H groups in total. The van der Waals surface area contributed by atoms with E-state index in [4.69, 9.17) is 4.74 Å². The summed E-state index contributed by atoms with van der Waals surface area (Å²) in [4.78, 5) is 2.26. The van der Waals surface area contributed by atoms with Gasteiger partial charge in [-0.15, -0.1) is 0 Å². The first-order valence-electron chi connectivity index (χ1n) is 6.24. The van der Waals surface area contributed by atoms with E-state index < -0.39 is 0 Å². The van der Waals surface area contributed by atoms with Crippen LogP contribution in [0.1, 0.15) is 30.9 Å². The van der Waals surface area contributed by atoms with Crippen LogP contribution in [0.2, 0.25) is 0 Å². The third-order valence-electron chi connectivity index (χ3n) is 3.76. The Morgan fingerprint density at radius 3 is 2.82 bits per heavy atom. The highest BCUT2D eigenvalue weighted by molar-refractivity contribution is 5.21. The highest BCUT2D eigenvalue weighted by Crippen LogP contribution is 2.38. The van der Waals surface area contributed by atoms with E-state index in [0.29, 0.717) is 6.61 Å². The standard InChI is InChI=1S/C14H16N2O/c15-9-12-7-4-8-14-16(12)13(10-17-14)11-5-2-1-3-6-11/h1-3,5-6,12-14H,4,7-8,10H2/t12-,13-,14?/m0/s1. The van der Waals surface area contributed by atoms with Crippen molar-refractivity contribution in [2.75, 3.05) is 6.61 Å². The molecule has 0 bridgehead atoms. The quantitative estimate of drug-likeness (QED) is 0.740. The molecule has 1 aromatic carbocycles. The first kappa shape index (κ1) is 10.8. The van der Waals surface area contributed by atoms with Crippen molar-refractivity contribution >= 4 is 0 Å². The summed E-state index contributed by atoms with van der Waals surface area (Å²) in [5.41, 5.74) is 1.26. The summed E-state index contributed by atoms with van der Waals surface area (Å²) in [5, 5.41) is 9.26. The van der Waals surface area contributed by atoms with Gasteiger partial charge in [0, 0.05) is 0 Å². The second-order valence-corrected chi connectivity index (χ2v) is 4.74. The number of piperidine rings is 1. The lowest BCUT2D eigenvalue weighted by Gasteiger charge is -2.35. The molecule has 2 fully saturated rings. The van der Waals surface area contributed by atoms with Gasteiger partial charge in [0.15, 0.2) is 0 Å². The fourth-order valence-electron chi connectivity index (χ4n) is 2.94. The lowest BCUT2D eigenvalue weighted by atomic mass is 9.98. The number of benzene rings is 1. The van der Waals surface area contributed by atoms with Gasteiger partial charge in [0.2, 0.25) is 0 Å². The minimum Gasteiger partial charge on any atom is -0.361 e. The molecule has 3 nitrogen and oxygen atoms in total. The molecule has 3 heteroatoms. The Hall–Kier alpha value is -1.37. The van der Waals surface area contributed by atoms with Crippen LogP contribution in [0.5, 0.6) is 0 Å². The molecule has 0 spiro atoms. The number of nitrogens with zero attached hydrogens (tertiary/aromatic N) is 2. The number of fused-ring (bicyclic) bond motifs is 1. The fraction of sp³-hybridized carbons (Fsp3) is 0.500. The van der Waals surface area contributed by atoms with Crippen molar-refractivity contribution in [3.8, 4) is 6.07 Å². The van der Waals surface area contributed by atoms with E-state index in [2.05, 4.69) is 23.1 Å². The zero-order valence-corrected chi connectivity index (χ0v) is 9.75. The monoisotopic (exact) mass is 228 g/mol. The molecular formula is C14H16N2O. The van der Waals surface area contributed by atoms with E-state index in [1.807, 2.05) is 18.2 Å². The Labute approximate surface area is 102 Å². The van der Waals surface area contributed by atoms with E-state index in [9.17, 15) is 5.26 Å². The maximum Gasteiger partial charge on any atom is 0.112 e. The zero-order valence-electron chi connectivity index (χ0n) is 9.75. The lowest BCUT2D eigenvalue weighted by Crippen LogP contribution is -2.43. The minimum absolute atomic E-state index is 0.0152. The van der Waals surface area contributed by atoms with Crippen molar-refractivity contribution in [1.82, 2.24) is 4.90 Å². The summed E-state index contributed by atoms with van der Waals surface area (Å²) < 4.78 is 5.83. The molecule has 3 atom stereocenters. The molecule has 17 heavy (non-hydrogen) atoms. The second kappa shape index (κ2) is 4.48. The predicted octanol–water partition coefficient (Wildman–Crippen LogP) is 2.46. The van der Waals surface area contributed by atoms with Crippen LogP contribution in [-0.4, -0.2) is 23.8 Å². The Morgan fingerprint density at radius 2 is 2.06 bits per heavy atom. The first-order valence-corrected chi connectivity index (χ1v) is 6.24. The molecule has 0 radical (unpaired) electrons. The molecule has 2 heterocycles. The second-order valence-electron chi connectivity index (χ2n) is 4.74. The zero-order chi connectivity index (χ0) is 11.7. The SMILES string of the molecule is N#C[C@@H]1CCCC2OC[C@@H](c3ccccc3)N21. The van der Waals surface area contributed by atoms with Gasteiger partial charge in [-0.3, -0.25) is 4.90 Å². The van der Waals surface area contributed by atoms with Gasteiger partial charge < -0.3 is 4.74 Å². The summed E-state index contributed by atoms with van der Waals surface area (Å²) in [6.45, 7) is 0.715. The average molecular weight is 228 g/mol. The smallest absolute Gasteiger partial charge is 0.112 e. The summed E-state index contributed by atoms with van der Waals surface area (Å²) in [6, 6.07) is 13.1. The Morgan fingerprint density at radius 1 is 1.24 bits per heavy atom. The van der Waals surface area contributed by atoms with Gasteiger partial charge in [-0.1, -0.05) is 30.3 Å². The Kier molecular flexibility index (Phi) is 2.84. The van der Waals surface area contributed by atoms with Crippen LogP contribution in [0, 0.1) is 11.3 Å². The Balaban J connectivity index is 1.89. The molecule has 0 saturated carbocycles. The van der Waals surface area contributed by atoms with Crippen molar-refractivity contribution < 1.29 is 4.74 Å². The molecule has 88 valence electrons. The number of nitriles is 1. The lowest BCUT2D eigenvalue weighted by molar-refractivity contribution is -0.0121. The van der Waals surface area contributed by atoms with Crippen molar-refractivity contribution in [3.05, 3.63) is 35.9 Å². The molecule has 1 unspecified atom stereocenters. The molecule has 0 amide bonds. The van der Waals surface area contributed by atoms with Crippen LogP contribution in [0.4, 0.5) is 0 Å². The molecule has 2 aliphatic heterocycles. The van der Waals surface area contributed by atoms with Crippen molar-refractivity contribution in [2.45, 2.75) is 37.6 Å².